The summed E-state index contributed by atoms with van der Waals surface area (Å²) in [5.41, 5.74) is 1.92. The maximum atomic E-state index is 11.5. The highest BCUT2D eigenvalue weighted by atomic mass is 16.5. The number of benzene rings is 1. The minimum atomic E-state index is 0.279. The number of rotatable bonds is 2. The van der Waals surface area contributed by atoms with E-state index in [1.807, 2.05) is 30.3 Å². The van der Waals surface area contributed by atoms with Crippen LogP contribution >= 0.6 is 0 Å². The van der Waals surface area contributed by atoms with Crippen LogP contribution in [0, 0.1) is 0 Å². The number of carbonyl (C=O) groups is 1. The minimum Gasteiger partial charge on any atom is -0.496 e. The van der Waals surface area contributed by atoms with Crippen molar-refractivity contribution in [1.82, 2.24) is 0 Å². The molecule has 1 aromatic rings. The molecule has 0 N–H and O–H groups in total. The first-order valence-corrected chi connectivity index (χ1v) is 5.18. The quantitative estimate of drug-likeness (QED) is 0.689. The van der Waals surface area contributed by atoms with Crippen molar-refractivity contribution >= 4 is 11.9 Å². The van der Waals surface area contributed by atoms with E-state index >= 15 is 0 Å². The number of Topliss-reactive ketones (excluding diaryl/α,β-unsaturated/α-hetero) is 1. The maximum absolute atomic E-state index is 11.5. The molecule has 15 heavy (non-hydrogen) atoms. The smallest absolute Gasteiger partial charge is 0.158 e. The van der Waals surface area contributed by atoms with Gasteiger partial charge in [0.25, 0.3) is 0 Å². The second-order valence-corrected chi connectivity index (χ2v) is 3.69. The number of carbonyl (C=O) groups excluding carboxylic acids is 1. The summed E-state index contributed by atoms with van der Waals surface area (Å²) < 4.78 is 5.23. The van der Waals surface area contributed by atoms with Gasteiger partial charge in [-0.2, -0.15) is 0 Å². The molecule has 1 fully saturated rings. The second kappa shape index (κ2) is 4.30. The molecule has 2 nitrogen and oxygen atoms in total. The van der Waals surface area contributed by atoms with Crippen LogP contribution in [0.5, 0.6) is 5.75 Å². The second-order valence-electron chi connectivity index (χ2n) is 3.69. The Morgan fingerprint density at radius 2 is 2.07 bits per heavy atom. The van der Waals surface area contributed by atoms with Crippen molar-refractivity contribution in [2.45, 2.75) is 19.3 Å². The molecule has 1 aliphatic rings. The summed E-state index contributed by atoms with van der Waals surface area (Å²) in [4.78, 5) is 11.5. The van der Waals surface area contributed by atoms with Crippen molar-refractivity contribution in [3.05, 3.63) is 35.4 Å². The number of ketones is 1. The van der Waals surface area contributed by atoms with Crippen LogP contribution in [0.1, 0.15) is 24.8 Å². The summed E-state index contributed by atoms with van der Waals surface area (Å²) in [5, 5.41) is 0. The van der Waals surface area contributed by atoms with Gasteiger partial charge in [0.1, 0.15) is 5.75 Å². The molecular formula is C13H14O2. The maximum Gasteiger partial charge on any atom is 0.158 e. The highest BCUT2D eigenvalue weighted by molar-refractivity contribution is 6.01. The highest BCUT2D eigenvalue weighted by Crippen LogP contribution is 2.26. The Morgan fingerprint density at radius 3 is 2.73 bits per heavy atom. The van der Waals surface area contributed by atoms with Crippen LogP contribution in [0.25, 0.3) is 6.08 Å². The van der Waals surface area contributed by atoms with E-state index in [1.165, 1.54) is 0 Å². The topological polar surface area (TPSA) is 26.3 Å². The van der Waals surface area contributed by atoms with Gasteiger partial charge in [-0.05, 0) is 30.6 Å². The van der Waals surface area contributed by atoms with E-state index in [2.05, 4.69) is 0 Å². The lowest BCUT2D eigenvalue weighted by Crippen LogP contribution is -1.92. The van der Waals surface area contributed by atoms with E-state index in [9.17, 15) is 4.79 Å². The summed E-state index contributed by atoms with van der Waals surface area (Å²) in [5.74, 6) is 1.10. The van der Waals surface area contributed by atoms with Gasteiger partial charge < -0.3 is 4.74 Å². The first-order chi connectivity index (χ1) is 7.31. The Labute approximate surface area is 89.6 Å². The number of para-hydroxylation sites is 1. The van der Waals surface area contributed by atoms with Gasteiger partial charge in [0.15, 0.2) is 5.78 Å². The third-order valence-corrected chi connectivity index (χ3v) is 2.68. The summed E-state index contributed by atoms with van der Waals surface area (Å²) >= 11 is 0. The Bertz CT molecular complexity index is 405. The zero-order chi connectivity index (χ0) is 10.7. The molecule has 2 rings (SSSR count). The summed E-state index contributed by atoms with van der Waals surface area (Å²) in [7, 11) is 1.65. The third-order valence-electron chi connectivity index (χ3n) is 2.68. The van der Waals surface area contributed by atoms with Gasteiger partial charge in [0, 0.05) is 12.0 Å². The zero-order valence-corrected chi connectivity index (χ0v) is 8.82. The average molecular weight is 202 g/mol. The number of hydrogen-bond donors (Lipinski definition) is 0. The molecule has 0 amide bonds. The Hall–Kier alpha value is -1.57. The number of hydrogen-bond acceptors (Lipinski definition) is 2. The fourth-order valence-electron chi connectivity index (χ4n) is 1.87. The van der Waals surface area contributed by atoms with Gasteiger partial charge in [0.2, 0.25) is 0 Å². The molecule has 0 unspecified atom stereocenters. The monoisotopic (exact) mass is 202 g/mol. The predicted octanol–water partition coefficient (Wildman–Crippen LogP) is 2.83. The van der Waals surface area contributed by atoms with Crippen LogP contribution in [-0.2, 0) is 4.79 Å². The molecular weight excluding hydrogens is 188 g/mol. The van der Waals surface area contributed by atoms with Crippen molar-refractivity contribution < 1.29 is 9.53 Å². The first-order valence-electron chi connectivity index (χ1n) is 5.18. The fraction of sp³-hybridized carbons (Fsp3) is 0.308. The van der Waals surface area contributed by atoms with E-state index in [1.54, 1.807) is 7.11 Å². The summed E-state index contributed by atoms with van der Waals surface area (Å²) in [6.45, 7) is 0. The number of allylic oxidation sites excluding steroid dienone is 1. The van der Waals surface area contributed by atoms with E-state index in [0.29, 0.717) is 6.42 Å². The Kier molecular flexibility index (Phi) is 2.86. The van der Waals surface area contributed by atoms with Gasteiger partial charge in [-0.15, -0.1) is 0 Å². The molecule has 1 aromatic carbocycles. The van der Waals surface area contributed by atoms with Gasteiger partial charge >= 0.3 is 0 Å². The molecule has 0 aliphatic heterocycles. The van der Waals surface area contributed by atoms with Crippen LogP contribution in [0.4, 0.5) is 0 Å². The molecule has 1 saturated carbocycles. The van der Waals surface area contributed by atoms with Crippen LogP contribution in [0.2, 0.25) is 0 Å². The van der Waals surface area contributed by atoms with E-state index in [0.717, 1.165) is 29.7 Å². The van der Waals surface area contributed by atoms with Gasteiger partial charge in [-0.3, -0.25) is 4.79 Å². The molecule has 0 radical (unpaired) electrons. The summed E-state index contributed by atoms with van der Waals surface area (Å²) in [6.07, 6.45) is 4.53. The lowest BCUT2D eigenvalue weighted by atomic mass is 10.1. The number of methoxy groups -OCH3 is 1. The van der Waals surface area contributed by atoms with E-state index < -0.39 is 0 Å². The van der Waals surface area contributed by atoms with Crippen molar-refractivity contribution in [2.24, 2.45) is 0 Å². The molecule has 0 atom stereocenters. The van der Waals surface area contributed by atoms with Crippen molar-refractivity contribution in [3.8, 4) is 5.75 Å². The van der Waals surface area contributed by atoms with Gasteiger partial charge in [0.05, 0.1) is 7.11 Å². The standard InChI is InChI=1S/C13H14O2/c1-15-13-8-3-2-5-11(13)9-10-6-4-7-12(10)14/h2-3,5,8-9H,4,6-7H2,1H3/b10-9-. The van der Waals surface area contributed by atoms with Crippen LogP contribution in [0.3, 0.4) is 0 Å². The lowest BCUT2D eigenvalue weighted by molar-refractivity contribution is -0.114. The molecule has 2 heteroatoms. The summed E-state index contributed by atoms with van der Waals surface area (Å²) in [6, 6.07) is 7.76. The van der Waals surface area contributed by atoms with Crippen LogP contribution < -0.4 is 4.74 Å². The zero-order valence-electron chi connectivity index (χ0n) is 8.82. The van der Waals surface area contributed by atoms with Gasteiger partial charge in [-0.25, -0.2) is 0 Å². The average Bonchev–Trinajstić information content (AvgIpc) is 2.65. The normalized spacial score (nSPS) is 18.5. The molecule has 78 valence electrons. The molecule has 0 heterocycles. The lowest BCUT2D eigenvalue weighted by Gasteiger charge is -2.04. The van der Waals surface area contributed by atoms with Crippen molar-refractivity contribution in [2.75, 3.05) is 7.11 Å². The predicted molar refractivity (Wildman–Crippen MR) is 59.8 cm³/mol. The SMILES string of the molecule is COc1ccccc1/C=C1/CCCC1=O. The first kappa shape index (κ1) is 9.97. The molecule has 0 saturated heterocycles. The van der Waals surface area contributed by atoms with Crippen molar-refractivity contribution in [3.63, 3.8) is 0 Å². The number of ether oxygens (including phenoxy) is 1. The Balaban J connectivity index is 2.34. The molecule has 0 aromatic heterocycles. The minimum absolute atomic E-state index is 0.279. The van der Waals surface area contributed by atoms with E-state index in [-0.39, 0.29) is 5.78 Å². The third kappa shape index (κ3) is 2.09. The fourth-order valence-corrected chi connectivity index (χ4v) is 1.87. The van der Waals surface area contributed by atoms with Gasteiger partial charge in [-0.1, -0.05) is 18.2 Å². The largest absolute Gasteiger partial charge is 0.496 e. The molecule has 0 spiro atoms. The van der Waals surface area contributed by atoms with Crippen molar-refractivity contribution in [1.29, 1.82) is 0 Å². The Morgan fingerprint density at radius 1 is 1.27 bits per heavy atom. The van der Waals surface area contributed by atoms with Crippen LogP contribution in [0.15, 0.2) is 29.8 Å². The van der Waals surface area contributed by atoms with Crippen LogP contribution in [-0.4, -0.2) is 12.9 Å². The molecule has 1 aliphatic carbocycles. The van der Waals surface area contributed by atoms with E-state index in [4.69, 9.17) is 4.74 Å². The molecule has 0 bridgehead atoms. The highest BCUT2D eigenvalue weighted by Gasteiger charge is 2.16.